The van der Waals surface area contributed by atoms with Crippen LogP contribution in [0.25, 0.3) is 0 Å². The van der Waals surface area contributed by atoms with Crippen molar-refractivity contribution in [3.05, 3.63) is 35.4 Å². The second kappa shape index (κ2) is 5.40. The number of carbonyl (C=O) groups excluding carboxylic acids is 1. The van der Waals surface area contributed by atoms with Crippen molar-refractivity contribution in [2.75, 3.05) is 6.61 Å². The van der Waals surface area contributed by atoms with E-state index in [0.717, 1.165) is 19.3 Å². The summed E-state index contributed by atoms with van der Waals surface area (Å²) in [6, 6.07) is 7.27. The molecule has 0 aliphatic heterocycles. The van der Waals surface area contributed by atoms with Crippen LogP contribution in [0, 0.1) is 0 Å². The van der Waals surface area contributed by atoms with Gasteiger partial charge in [-0.25, -0.2) is 0 Å². The van der Waals surface area contributed by atoms with Crippen molar-refractivity contribution in [3.8, 4) is 0 Å². The van der Waals surface area contributed by atoms with Crippen molar-refractivity contribution in [1.29, 1.82) is 0 Å². The zero-order valence-corrected chi connectivity index (χ0v) is 8.07. The summed E-state index contributed by atoms with van der Waals surface area (Å²) in [5, 5.41) is 8.60. The van der Waals surface area contributed by atoms with Gasteiger partial charge < -0.3 is 10.8 Å². The minimum Gasteiger partial charge on any atom is -0.396 e. The number of hydrogen-bond acceptors (Lipinski definition) is 2. The average molecular weight is 193 g/mol. The van der Waals surface area contributed by atoms with Crippen LogP contribution in [0.5, 0.6) is 0 Å². The van der Waals surface area contributed by atoms with E-state index in [0.29, 0.717) is 5.56 Å². The van der Waals surface area contributed by atoms with Crippen LogP contribution in [-0.4, -0.2) is 17.6 Å². The van der Waals surface area contributed by atoms with E-state index in [-0.39, 0.29) is 6.61 Å². The van der Waals surface area contributed by atoms with Crippen LogP contribution in [0.15, 0.2) is 24.3 Å². The fourth-order valence-corrected chi connectivity index (χ4v) is 1.28. The highest BCUT2D eigenvalue weighted by atomic mass is 16.2. The monoisotopic (exact) mass is 193 g/mol. The van der Waals surface area contributed by atoms with Gasteiger partial charge in [0.25, 0.3) is 0 Å². The molecule has 0 aromatic heterocycles. The van der Waals surface area contributed by atoms with Gasteiger partial charge in [0.1, 0.15) is 0 Å². The smallest absolute Gasteiger partial charge is 0.248 e. The number of unbranched alkanes of at least 4 members (excludes halogenated alkanes) is 1. The SMILES string of the molecule is NC(=O)c1ccc(CCCCO)cc1. The van der Waals surface area contributed by atoms with E-state index in [1.807, 2.05) is 12.1 Å². The lowest BCUT2D eigenvalue weighted by Crippen LogP contribution is -2.10. The van der Waals surface area contributed by atoms with Crippen LogP contribution in [0.3, 0.4) is 0 Å². The first-order chi connectivity index (χ1) is 6.74. The van der Waals surface area contributed by atoms with Crippen LogP contribution in [0.1, 0.15) is 28.8 Å². The lowest BCUT2D eigenvalue weighted by atomic mass is 10.1. The standard InChI is InChI=1S/C11H15NO2/c12-11(14)10-6-4-9(5-7-10)3-1-2-8-13/h4-7,13H,1-3,8H2,(H2,12,14). The Hall–Kier alpha value is -1.35. The summed E-state index contributed by atoms with van der Waals surface area (Å²) >= 11 is 0. The van der Waals surface area contributed by atoms with E-state index < -0.39 is 5.91 Å². The van der Waals surface area contributed by atoms with Crippen LogP contribution in [-0.2, 0) is 6.42 Å². The number of hydrogen-bond donors (Lipinski definition) is 2. The minimum atomic E-state index is -0.396. The Morgan fingerprint density at radius 3 is 2.36 bits per heavy atom. The summed E-state index contributed by atoms with van der Waals surface area (Å²) in [4.78, 5) is 10.8. The predicted molar refractivity (Wildman–Crippen MR) is 55.0 cm³/mol. The van der Waals surface area contributed by atoms with Gasteiger partial charge in [0.15, 0.2) is 0 Å². The minimum absolute atomic E-state index is 0.235. The summed E-state index contributed by atoms with van der Waals surface area (Å²) in [6.07, 6.45) is 2.71. The molecule has 14 heavy (non-hydrogen) atoms. The average Bonchev–Trinajstić information content (AvgIpc) is 2.19. The first-order valence-corrected chi connectivity index (χ1v) is 4.73. The van der Waals surface area contributed by atoms with Gasteiger partial charge in [-0.05, 0) is 37.0 Å². The second-order valence-corrected chi connectivity index (χ2v) is 3.24. The molecule has 1 aromatic rings. The number of rotatable bonds is 5. The first kappa shape index (κ1) is 10.7. The summed E-state index contributed by atoms with van der Waals surface area (Å²) in [7, 11) is 0. The molecular formula is C11H15NO2. The molecule has 0 atom stereocenters. The molecule has 3 nitrogen and oxygen atoms in total. The highest BCUT2D eigenvalue weighted by Crippen LogP contribution is 2.07. The topological polar surface area (TPSA) is 63.3 Å². The fourth-order valence-electron chi connectivity index (χ4n) is 1.28. The summed E-state index contributed by atoms with van der Waals surface area (Å²) < 4.78 is 0. The molecule has 0 fully saturated rings. The molecule has 0 radical (unpaired) electrons. The van der Waals surface area contributed by atoms with Crippen LogP contribution in [0.4, 0.5) is 0 Å². The lowest BCUT2D eigenvalue weighted by molar-refractivity contribution is 0.100. The molecule has 0 aliphatic carbocycles. The number of amides is 1. The fraction of sp³-hybridized carbons (Fsp3) is 0.364. The zero-order chi connectivity index (χ0) is 10.4. The molecule has 1 rings (SSSR count). The number of nitrogens with two attached hydrogens (primary N) is 1. The van der Waals surface area contributed by atoms with E-state index in [1.165, 1.54) is 5.56 Å². The summed E-state index contributed by atoms with van der Waals surface area (Å²) in [5.74, 6) is -0.396. The van der Waals surface area contributed by atoms with Gasteiger partial charge in [-0.2, -0.15) is 0 Å². The van der Waals surface area contributed by atoms with Gasteiger partial charge >= 0.3 is 0 Å². The number of aliphatic hydroxyl groups excluding tert-OH is 1. The van der Waals surface area contributed by atoms with Crippen molar-refractivity contribution >= 4 is 5.91 Å². The Kier molecular flexibility index (Phi) is 4.13. The van der Waals surface area contributed by atoms with Gasteiger partial charge in [0, 0.05) is 12.2 Å². The summed E-state index contributed by atoms with van der Waals surface area (Å²) in [6.45, 7) is 0.235. The van der Waals surface area contributed by atoms with Gasteiger partial charge in [-0.15, -0.1) is 0 Å². The molecule has 3 heteroatoms. The Balaban J connectivity index is 2.51. The van der Waals surface area contributed by atoms with Crippen molar-refractivity contribution in [2.45, 2.75) is 19.3 Å². The van der Waals surface area contributed by atoms with Crippen molar-refractivity contribution < 1.29 is 9.90 Å². The molecule has 1 amide bonds. The number of aryl methyl sites for hydroxylation is 1. The Morgan fingerprint density at radius 1 is 1.21 bits per heavy atom. The quantitative estimate of drug-likeness (QED) is 0.688. The predicted octanol–water partition coefficient (Wildman–Crippen LogP) is 1.10. The number of carbonyl (C=O) groups is 1. The van der Waals surface area contributed by atoms with Crippen molar-refractivity contribution in [3.63, 3.8) is 0 Å². The lowest BCUT2D eigenvalue weighted by Gasteiger charge is -2.01. The van der Waals surface area contributed by atoms with Gasteiger partial charge in [-0.3, -0.25) is 4.79 Å². The zero-order valence-electron chi connectivity index (χ0n) is 8.07. The highest BCUT2D eigenvalue weighted by molar-refractivity contribution is 5.92. The number of aliphatic hydroxyl groups is 1. The van der Waals surface area contributed by atoms with Crippen LogP contribution < -0.4 is 5.73 Å². The number of benzene rings is 1. The summed E-state index contributed by atoms with van der Waals surface area (Å²) in [5.41, 5.74) is 6.82. The maximum atomic E-state index is 10.8. The first-order valence-electron chi connectivity index (χ1n) is 4.73. The molecule has 1 aromatic carbocycles. The Labute approximate surface area is 83.6 Å². The third-order valence-corrected chi connectivity index (χ3v) is 2.11. The van der Waals surface area contributed by atoms with Crippen LogP contribution >= 0.6 is 0 Å². The van der Waals surface area contributed by atoms with E-state index in [4.69, 9.17) is 10.8 Å². The van der Waals surface area contributed by atoms with E-state index in [9.17, 15) is 4.79 Å². The molecular weight excluding hydrogens is 178 g/mol. The maximum absolute atomic E-state index is 10.8. The van der Waals surface area contributed by atoms with E-state index in [2.05, 4.69) is 0 Å². The normalized spacial score (nSPS) is 10.1. The molecule has 3 N–H and O–H groups in total. The number of primary amides is 1. The van der Waals surface area contributed by atoms with E-state index >= 15 is 0 Å². The molecule has 0 spiro atoms. The molecule has 0 saturated heterocycles. The van der Waals surface area contributed by atoms with E-state index in [1.54, 1.807) is 12.1 Å². The third kappa shape index (κ3) is 3.18. The Bertz CT molecular complexity index is 293. The molecule has 0 heterocycles. The highest BCUT2D eigenvalue weighted by Gasteiger charge is 1.99. The molecule has 0 aliphatic rings. The van der Waals surface area contributed by atoms with Crippen molar-refractivity contribution in [1.82, 2.24) is 0 Å². The molecule has 0 bridgehead atoms. The third-order valence-electron chi connectivity index (χ3n) is 2.11. The van der Waals surface area contributed by atoms with Gasteiger partial charge in [0.05, 0.1) is 0 Å². The molecule has 0 saturated carbocycles. The van der Waals surface area contributed by atoms with Gasteiger partial charge in [0.2, 0.25) is 5.91 Å². The second-order valence-electron chi connectivity index (χ2n) is 3.24. The largest absolute Gasteiger partial charge is 0.396 e. The molecule has 0 unspecified atom stereocenters. The Morgan fingerprint density at radius 2 is 1.86 bits per heavy atom. The van der Waals surface area contributed by atoms with Crippen molar-refractivity contribution in [2.24, 2.45) is 5.73 Å². The molecule has 76 valence electrons. The van der Waals surface area contributed by atoms with Crippen LogP contribution in [0.2, 0.25) is 0 Å². The maximum Gasteiger partial charge on any atom is 0.248 e. The van der Waals surface area contributed by atoms with Gasteiger partial charge in [-0.1, -0.05) is 12.1 Å².